The number of unbranched alkanes of at least 4 members (excludes halogenated alkanes) is 7. The smallest absolute Gasteiger partial charge is 0.532 e. The maximum absolute atomic E-state index is 10.4. The zero-order valence-corrected chi connectivity index (χ0v) is 17.0. The minimum atomic E-state index is -2.52. The molecule has 0 aliphatic heterocycles. The second kappa shape index (κ2) is 15.3. The van der Waals surface area contributed by atoms with Gasteiger partial charge in [0.2, 0.25) is 0 Å². The monoisotopic (exact) mass is 400 g/mol. The summed E-state index contributed by atoms with van der Waals surface area (Å²) in [6.45, 7) is 6.08. The average Bonchev–Trinajstić information content (AvgIpc) is 2.59. The van der Waals surface area contributed by atoms with Gasteiger partial charge in [-0.1, -0.05) is 88.3 Å². The predicted octanol–water partition coefficient (Wildman–Crippen LogP) is 6.40. The third kappa shape index (κ3) is 10.5. The van der Waals surface area contributed by atoms with Gasteiger partial charge in [0.15, 0.2) is 0 Å². The van der Waals surface area contributed by atoms with Gasteiger partial charge in [-0.05, 0) is 11.5 Å². The molecule has 2 aromatic rings. The molecule has 2 rings (SSSR count). The normalized spacial score (nSPS) is 10.0. The fraction of sp³-hybridized carbons (Fsp3) is 0.450. The fourth-order valence-electron chi connectivity index (χ4n) is 2.48. The van der Waals surface area contributed by atoms with Crippen molar-refractivity contribution in [3.05, 3.63) is 49.4 Å². The van der Waals surface area contributed by atoms with Crippen molar-refractivity contribution in [3.8, 4) is 5.75 Å². The van der Waals surface area contributed by atoms with Crippen LogP contribution in [-0.2, 0) is 36.8 Å². The van der Waals surface area contributed by atoms with E-state index in [-0.39, 0.29) is 17.4 Å². The first kappa shape index (κ1) is 24.0. The van der Waals surface area contributed by atoms with Crippen LogP contribution in [0.5, 0.6) is 5.75 Å². The number of hydrogen-bond donors (Lipinski definition) is 0. The molecule has 0 spiro atoms. The molecule has 3 nitrogen and oxygen atoms in total. The van der Waals surface area contributed by atoms with E-state index < -0.39 is 11.0 Å². The van der Waals surface area contributed by atoms with Crippen molar-refractivity contribution >= 4 is 21.8 Å². The SMILES string of the molecule is O=[S-](=O)Oc1cccc2ccccc12.[CH2-]CCCCCCCCC.[Cr+2]. The topological polar surface area (TPSA) is 43.4 Å². The van der Waals surface area contributed by atoms with E-state index in [1.165, 1.54) is 44.9 Å². The molecule has 138 valence electrons. The first-order chi connectivity index (χ1) is 11.7. The van der Waals surface area contributed by atoms with E-state index in [1.54, 1.807) is 12.1 Å². The van der Waals surface area contributed by atoms with Gasteiger partial charge in [-0.3, -0.25) is 0 Å². The molecule has 0 aliphatic carbocycles. The van der Waals surface area contributed by atoms with Gasteiger partial charge in [-0.15, -0.1) is 0 Å². The Balaban J connectivity index is 0.000000471. The van der Waals surface area contributed by atoms with Gasteiger partial charge in [0, 0.05) is 5.39 Å². The van der Waals surface area contributed by atoms with Crippen LogP contribution in [-0.4, -0.2) is 0 Å². The summed E-state index contributed by atoms with van der Waals surface area (Å²) in [6, 6.07) is 12.7. The summed E-state index contributed by atoms with van der Waals surface area (Å²) < 4.78 is 25.4. The Hall–Kier alpha value is -1.02. The molecular formula is C20H28CrO3S. The van der Waals surface area contributed by atoms with Crippen LogP contribution >= 0.6 is 0 Å². The van der Waals surface area contributed by atoms with Crippen molar-refractivity contribution in [1.29, 1.82) is 0 Å². The molecule has 0 aromatic heterocycles. The minimum absolute atomic E-state index is 0. The van der Waals surface area contributed by atoms with Crippen LogP contribution in [0, 0.1) is 6.92 Å². The van der Waals surface area contributed by atoms with E-state index in [2.05, 4.69) is 18.0 Å². The molecule has 0 atom stereocenters. The number of fused-ring (bicyclic) bond motifs is 1. The predicted molar refractivity (Wildman–Crippen MR) is 101 cm³/mol. The van der Waals surface area contributed by atoms with Gasteiger partial charge in [-0.2, -0.15) is 6.42 Å². The van der Waals surface area contributed by atoms with Crippen LogP contribution in [0.3, 0.4) is 0 Å². The minimum Gasteiger partial charge on any atom is -0.532 e. The van der Waals surface area contributed by atoms with E-state index >= 15 is 0 Å². The molecule has 0 heterocycles. The summed E-state index contributed by atoms with van der Waals surface area (Å²) in [7, 11) is -2.52. The third-order valence-corrected chi connectivity index (χ3v) is 4.08. The van der Waals surface area contributed by atoms with Gasteiger partial charge < -0.3 is 19.5 Å². The van der Waals surface area contributed by atoms with Gasteiger partial charge in [0.25, 0.3) is 0 Å². The molecule has 0 fully saturated rings. The first-order valence-electron chi connectivity index (χ1n) is 8.73. The maximum Gasteiger partial charge on any atom is 2.00 e. The second-order valence-electron chi connectivity index (χ2n) is 5.74. The molecule has 0 N–H and O–H groups in total. The van der Waals surface area contributed by atoms with E-state index in [1.807, 2.05) is 30.3 Å². The van der Waals surface area contributed by atoms with Gasteiger partial charge >= 0.3 is 17.4 Å². The number of rotatable bonds is 9. The molecule has 0 saturated carbocycles. The Kier molecular flexibility index (Phi) is 14.6. The van der Waals surface area contributed by atoms with Gasteiger partial charge in [-0.25, -0.2) is 0 Å². The fourth-order valence-corrected chi connectivity index (χ4v) is 2.77. The van der Waals surface area contributed by atoms with Crippen molar-refractivity contribution in [3.63, 3.8) is 0 Å². The molecular weight excluding hydrogens is 372 g/mol. The summed E-state index contributed by atoms with van der Waals surface area (Å²) in [5.41, 5.74) is 0. The van der Waals surface area contributed by atoms with E-state index in [0.717, 1.165) is 17.2 Å². The molecule has 25 heavy (non-hydrogen) atoms. The zero-order chi connectivity index (χ0) is 17.6. The van der Waals surface area contributed by atoms with E-state index in [9.17, 15) is 8.42 Å². The van der Waals surface area contributed by atoms with E-state index in [0.29, 0.717) is 5.75 Å². The Bertz CT molecular complexity index is 635. The molecule has 0 radical (unpaired) electrons. The summed E-state index contributed by atoms with van der Waals surface area (Å²) in [5, 5.41) is 1.75. The molecule has 0 unspecified atom stereocenters. The van der Waals surface area contributed by atoms with Crippen LogP contribution in [0.25, 0.3) is 10.8 Å². The molecule has 5 heteroatoms. The third-order valence-electron chi connectivity index (χ3n) is 3.76. The van der Waals surface area contributed by atoms with Gasteiger partial charge in [0.1, 0.15) is 16.7 Å². The van der Waals surface area contributed by atoms with Crippen molar-refractivity contribution in [2.75, 3.05) is 0 Å². The largest absolute Gasteiger partial charge is 2.00 e. The first-order valence-corrected chi connectivity index (χ1v) is 9.73. The molecule has 0 saturated heterocycles. The zero-order valence-electron chi connectivity index (χ0n) is 14.9. The summed E-state index contributed by atoms with van der Waals surface area (Å²) in [6.07, 6.45) is 10.9. The van der Waals surface area contributed by atoms with Crippen LogP contribution in [0.15, 0.2) is 42.5 Å². The molecule has 0 bridgehead atoms. The molecule has 2 aromatic carbocycles. The Labute approximate surface area is 165 Å². The van der Waals surface area contributed by atoms with Crippen molar-refractivity contribution in [1.82, 2.24) is 0 Å². The van der Waals surface area contributed by atoms with Crippen LogP contribution < -0.4 is 4.18 Å². The summed E-state index contributed by atoms with van der Waals surface area (Å²) in [4.78, 5) is 0. The van der Waals surface area contributed by atoms with Crippen LogP contribution in [0.2, 0.25) is 0 Å². The summed E-state index contributed by atoms with van der Waals surface area (Å²) >= 11 is 0. The van der Waals surface area contributed by atoms with Crippen LogP contribution in [0.4, 0.5) is 0 Å². The number of hydrogen-bond acceptors (Lipinski definition) is 4. The van der Waals surface area contributed by atoms with E-state index in [4.69, 9.17) is 0 Å². The van der Waals surface area contributed by atoms with Crippen molar-refractivity contribution in [2.24, 2.45) is 0 Å². The average molecular weight is 401 g/mol. The van der Waals surface area contributed by atoms with Crippen LogP contribution in [0.1, 0.15) is 58.3 Å². The second-order valence-corrected chi connectivity index (χ2v) is 6.31. The Morgan fingerprint density at radius 3 is 2.12 bits per heavy atom. The molecule has 0 amide bonds. The van der Waals surface area contributed by atoms with Crippen molar-refractivity contribution < 1.29 is 30.0 Å². The van der Waals surface area contributed by atoms with Gasteiger partial charge in [0.05, 0.1) is 0 Å². The maximum atomic E-state index is 10.4. The standard InChI is InChI=1S/C10H7O3S.C10H21.Cr/c11-14(12)13-10-7-3-5-8-4-1-2-6-9(8)10;1-3-5-7-9-10-8-6-4-2;/h1-7H;1,3-10H2,2H3;/q2*-1;+2. The van der Waals surface area contributed by atoms with Crippen molar-refractivity contribution in [2.45, 2.75) is 58.3 Å². The Morgan fingerprint density at radius 2 is 1.48 bits per heavy atom. The number of benzene rings is 2. The Morgan fingerprint density at radius 1 is 0.880 bits per heavy atom. The molecule has 0 aliphatic rings. The summed E-state index contributed by atoms with van der Waals surface area (Å²) in [5.74, 6) is 0.358. The quantitative estimate of drug-likeness (QED) is 0.278.